The second kappa shape index (κ2) is 11.4. The molecule has 0 radical (unpaired) electrons. The topological polar surface area (TPSA) is 63.8 Å². The second-order valence-electron chi connectivity index (χ2n) is 9.15. The van der Waals surface area contributed by atoms with Crippen LogP contribution < -0.4 is 0 Å². The molecule has 0 amide bonds. The highest BCUT2D eigenvalue weighted by Crippen LogP contribution is 2.35. The van der Waals surface area contributed by atoms with Crippen molar-refractivity contribution < 1.29 is 13.9 Å². The average Bonchev–Trinajstić information content (AvgIpc) is 3.24. The van der Waals surface area contributed by atoms with Crippen molar-refractivity contribution >= 4 is 65.4 Å². The quantitative estimate of drug-likeness (QED) is 0.172. The van der Waals surface area contributed by atoms with Crippen LogP contribution in [0.5, 0.6) is 0 Å². The number of aliphatic hydroxyl groups is 1. The van der Waals surface area contributed by atoms with Gasteiger partial charge in [0.1, 0.15) is 23.0 Å². The molecule has 0 saturated heterocycles. The van der Waals surface area contributed by atoms with Crippen LogP contribution in [-0.2, 0) is 6.54 Å². The lowest BCUT2D eigenvalue weighted by molar-refractivity contribution is 0.181. The fourth-order valence-electron chi connectivity index (χ4n) is 4.73. The Kier molecular flexibility index (Phi) is 7.67. The first kappa shape index (κ1) is 27.0. The number of hydrogen-bond acceptors (Lipinski definition) is 5. The molecule has 0 aliphatic heterocycles. The molecule has 10 heteroatoms. The van der Waals surface area contributed by atoms with Crippen molar-refractivity contribution in [3.8, 4) is 22.5 Å². The minimum absolute atomic E-state index is 0.149. The van der Waals surface area contributed by atoms with E-state index >= 15 is 0 Å². The van der Waals surface area contributed by atoms with E-state index in [4.69, 9.17) is 0 Å². The van der Waals surface area contributed by atoms with E-state index in [0.29, 0.717) is 6.54 Å². The summed E-state index contributed by atoms with van der Waals surface area (Å²) in [5.41, 5.74) is 2.73. The van der Waals surface area contributed by atoms with Gasteiger partial charge < -0.3 is 9.67 Å². The summed E-state index contributed by atoms with van der Waals surface area (Å²) in [5.74, 6) is -0.732. The lowest BCUT2D eigenvalue weighted by atomic mass is 10.0. The van der Waals surface area contributed by atoms with Crippen LogP contribution in [-0.4, -0.2) is 36.7 Å². The number of halogens is 4. The van der Waals surface area contributed by atoms with Gasteiger partial charge in [0, 0.05) is 47.6 Å². The van der Waals surface area contributed by atoms with Gasteiger partial charge in [-0.2, -0.15) is 0 Å². The van der Waals surface area contributed by atoms with Crippen LogP contribution in [0.4, 0.5) is 8.78 Å². The first-order chi connectivity index (χ1) is 19.4. The van der Waals surface area contributed by atoms with Gasteiger partial charge in [0.2, 0.25) is 5.16 Å². The largest absolute Gasteiger partial charge is 0.390 e. The molecule has 0 saturated carbocycles. The van der Waals surface area contributed by atoms with Crippen molar-refractivity contribution in [3.63, 3.8) is 0 Å². The van der Waals surface area contributed by atoms with E-state index in [0.717, 1.165) is 30.8 Å². The molecule has 0 aliphatic carbocycles. The summed E-state index contributed by atoms with van der Waals surface area (Å²) < 4.78 is 33.5. The van der Waals surface area contributed by atoms with Crippen LogP contribution >= 0.6 is 43.6 Å². The molecule has 1 unspecified atom stereocenters. The number of hydrogen-bond donors (Lipinski definition) is 1. The Morgan fingerprint density at radius 2 is 1.30 bits per heavy atom. The Balaban J connectivity index is 1.30. The predicted octanol–water partition coefficient (Wildman–Crippen LogP) is 8.27. The van der Waals surface area contributed by atoms with Crippen LogP contribution in [0, 0.1) is 11.6 Å². The van der Waals surface area contributed by atoms with E-state index in [1.165, 1.54) is 23.9 Å². The highest BCUT2D eigenvalue weighted by atomic mass is 79.9. The van der Waals surface area contributed by atoms with E-state index < -0.39 is 17.7 Å². The van der Waals surface area contributed by atoms with Crippen LogP contribution in [0.2, 0.25) is 0 Å². The van der Waals surface area contributed by atoms with Crippen molar-refractivity contribution in [1.82, 2.24) is 19.7 Å². The lowest BCUT2D eigenvalue weighted by Gasteiger charge is -2.14. The molecule has 6 rings (SSSR count). The summed E-state index contributed by atoms with van der Waals surface area (Å²) in [6.07, 6.45) is -0.747. The number of fused-ring (bicyclic) bond motifs is 3. The summed E-state index contributed by atoms with van der Waals surface area (Å²) >= 11 is 8.33. The standard InChI is InChI=1S/C30H20Br2F2N4OS/c31-17-9-11-26-22(13-17)23-14-18(32)10-12-27(23)38(26)15-19(39)16-40-30-35-28(20-5-1-3-7-24(20)33)29(36-37-30)21-6-2-4-8-25(21)34/h1-14,19,39H,15-16H2. The summed E-state index contributed by atoms with van der Waals surface area (Å²) in [5, 5.41) is 21.9. The Labute approximate surface area is 249 Å². The highest BCUT2D eigenvalue weighted by Gasteiger charge is 2.20. The van der Waals surface area contributed by atoms with Crippen molar-refractivity contribution in [2.24, 2.45) is 0 Å². The predicted molar refractivity (Wildman–Crippen MR) is 162 cm³/mol. The van der Waals surface area contributed by atoms with Gasteiger partial charge in [0.25, 0.3) is 0 Å². The molecule has 1 N–H and O–H groups in total. The van der Waals surface area contributed by atoms with Gasteiger partial charge in [-0.15, -0.1) is 10.2 Å². The second-order valence-corrected chi connectivity index (χ2v) is 12.0. The highest BCUT2D eigenvalue weighted by molar-refractivity contribution is 9.10. The van der Waals surface area contributed by atoms with Gasteiger partial charge in [-0.05, 0) is 60.7 Å². The normalized spacial score (nSPS) is 12.3. The molecule has 2 heterocycles. The first-order valence-electron chi connectivity index (χ1n) is 12.3. The Bertz CT molecular complexity index is 1820. The van der Waals surface area contributed by atoms with Gasteiger partial charge in [0.15, 0.2) is 0 Å². The van der Waals surface area contributed by atoms with Crippen LogP contribution in [0.25, 0.3) is 44.3 Å². The minimum Gasteiger partial charge on any atom is -0.390 e. The van der Waals surface area contributed by atoms with Crippen molar-refractivity contribution in [2.45, 2.75) is 17.8 Å². The fraction of sp³-hybridized carbons (Fsp3) is 0.100. The maximum Gasteiger partial charge on any atom is 0.209 e. The maximum atomic E-state index is 14.8. The average molecular weight is 682 g/mol. The van der Waals surface area contributed by atoms with Crippen LogP contribution in [0.1, 0.15) is 0 Å². The zero-order chi connectivity index (χ0) is 27.8. The Morgan fingerprint density at radius 1 is 0.750 bits per heavy atom. The third kappa shape index (κ3) is 5.28. The van der Waals surface area contributed by atoms with Crippen molar-refractivity contribution in [1.29, 1.82) is 0 Å². The Hall–Kier alpha value is -3.18. The van der Waals surface area contributed by atoms with E-state index in [2.05, 4.69) is 63.7 Å². The third-order valence-electron chi connectivity index (χ3n) is 6.51. The molecule has 2 aromatic heterocycles. The molecular weight excluding hydrogens is 662 g/mol. The molecule has 6 aromatic rings. The summed E-state index contributed by atoms with van der Waals surface area (Å²) in [6, 6.07) is 24.4. The first-order valence-corrected chi connectivity index (χ1v) is 14.9. The summed E-state index contributed by atoms with van der Waals surface area (Å²) in [4.78, 5) is 4.56. The van der Waals surface area contributed by atoms with Gasteiger partial charge in [0.05, 0.1) is 12.6 Å². The number of aliphatic hydroxyl groups excluding tert-OH is 1. The SMILES string of the molecule is OC(CSc1nnc(-c2ccccc2F)c(-c2ccccc2F)n1)Cn1c2ccc(Br)cc2c2cc(Br)ccc21. The van der Waals surface area contributed by atoms with E-state index in [1.807, 2.05) is 24.3 Å². The van der Waals surface area contributed by atoms with Crippen molar-refractivity contribution in [3.05, 3.63) is 106 Å². The molecule has 40 heavy (non-hydrogen) atoms. The number of nitrogens with zero attached hydrogens (tertiary/aromatic N) is 4. The number of aromatic nitrogens is 4. The summed E-state index contributed by atoms with van der Waals surface area (Å²) in [6.45, 7) is 0.344. The van der Waals surface area contributed by atoms with Crippen LogP contribution in [0.3, 0.4) is 0 Å². The maximum absolute atomic E-state index is 14.8. The number of thioether (sulfide) groups is 1. The molecule has 200 valence electrons. The lowest BCUT2D eigenvalue weighted by Crippen LogP contribution is -2.18. The van der Waals surface area contributed by atoms with E-state index in [1.54, 1.807) is 36.4 Å². The number of benzene rings is 4. The van der Waals surface area contributed by atoms with Gasteiger partial charge in [-0.25, -0.2) is 13.8 Å². The molecule has 1 atom stereocenters. The zero-order valence-electron chi connectivity index (χ0n) is 20.7. The zero-order valence-corrected chi connectivity index (χ0v) is 24.7. The monoisotopic (exact) mass is 680 g/mol. The molecule has 0 fully saturated rings. The molecule has 5 nitrogen and oxygen atoms in total. The molecule has 4 aromatic carbocycles. The van der Waals surface area contributed by atoms with Crippen LogP contribution in [0.15, 0.2) is 99.0 Å². The number of rotatable bonds is 7. The molecule has 0 aliphatic rings. The molecular formula is C30H20Br2F2N4OS. The van der Waals surface area contributed by atoms with E-state index in [9.17, 15) is 13.9 Å². The van der Waals surface area contributed by atoms with Gasteiger partial charge >= 0.3 is 0 Å². The van der Waals surface area contributed by atoms with Gasteiger partial charge in [-0.1, -0.05) is 67.9 Å². The molecule has 0 bridgehead atoms. The van der Waals surface area contributed by atoms with Crippen molar-refractivity contribution in [2.75, 3.05) is 5.75 Å². The Morgan fingerprint density at radius 3 is 1.88 bits per heavy atom. The third-order valence-corrected chi connectivity index (χ3v) is 8.48. The van der Waals surface area contributed by atoms with E-state index in [-0.39, 0.29) is 33.4 Å². The fourth-order valence-corrected chi connectivity index (χ4v) is 6.15. The summed E-state index contributed by atoms with van der Waals surface area (Å²) in [7, 11) is 0. The smallest absolute Gasteiger partial charge is 0.209 e. The van der Waals surface area contributed by atoms with Gasteiger partial charge in [-0.3, -0.25) is 0 Å². The molecule has 0 spiro atoms. The minimum atomic E-state index is -0.747.